The number of hydrogen-bond donors (Lipinski definition) is 1. The molecule has 0 spiro atoms. The van der Waals surface area contributed by atoms with Gasteiger partial charge in [-0.15, -0.1) is 0 Å². The van der Waals surface area contributed by atoms with Gasteiger partial charge >= 0.3 is 0 Å². The van der Waals surface area contributed by atoms with Crippen molar-refractivity contribution >= 4 is 5.91 Å². The van der Waals surface area contributed by atoms with Crippen molar-refractivity contribution in [3.8, 4) is 0 Å². The summed E-state index contributed by atoms with van der Waals surface area (Å²) in [6, 6.07) is 1.64. The lowest BCUT2D eigenvalue weighted by atomic mass is 10.2. The van der Waals surface area contributed by atoms with Crippen LogP contribution in [-0.2, 0) is 11.3 Å². The van der Waals surface area contributed by atoms with Gasteiger partial charge in [0.25, 0.3) is 5.91 Å². The molecule has 0 radical (unpaired) electrons. The molecule has 1 heterocycles. The quantitative estimate of drug-likeness (QED) is 0.780. The Labute approximate surface area is 89.6 Å². The summed E-state index contributed by atoms with van der Waals surface area (Å²) in [7, 11) is 0. The van der Waals surface area contributed by atoms with Crippen LogP contribution in [0.4, 0.5) is 0 Å². The number of amides is 1. The third kappa shape index (κ3) is 3.40. The maximum Gasteiger partial charge on any atom is 0.278 e. The third-order valence-corrected chi connectivity index (χ3v) is 1.76. The lowest BCUT2D eigenvalue weighted by Crippen LogP contribution is -2.33. The SMILES string of the molecule is CCc1occc1C(=O)NOC(C)(C)C. The molecule has 0 saturated heterocycles. The molecular formula is C11H17NO3. The summed E-state index contributed by atoms with van der Waals surface area (Å²) in [4.78, 5) is 16.8. The minimum Gasteiger partial charge on any atom is -0.469 e. The highest BCUT2D eigenvalue weighted by atomic mass is 16.7. The van der Waals surface area contributed by atoms with E-state index in [2.05, 4.69) is 5.48 Å². The van der Waals surface area contributed by atoms with Crippen molar-refractivity contribution in [3.05, 3.63) is 23.7 Å². The van der Waals surface area contributed by atoms with Gasteiger partial charge in [-0.2, -0.15) is 0 Å². The Hall–Kier alpha value is -1.29. The van der Waals surface area contributed by atoms with Crippen molar-refractivity contribution in [2.75, 3.05) is 0 Å². The molecule has 0 atom stereocenters. The molecule has 1 aromatic rings. The molecule has 1 amide bonds. The zero-order valence-corrected chi connectivity index (χ0v) is 9.59. The molecule has 4 heteroatoms. The van der Waals surface area contributed by atoms with E-state index < -0.39 is 5.60 Å². The summed E-state index contributed by atoms with van der Waals surface area (Å²) in [5.41, 5.74) is 2.53. The van der Waals surface area contributed by atoms with Crippen LogP contribution in [-0.4, -0.2) is 11.5 Å². The molecule has 1 aromatic heterocycles. The fourth-order valence-corrected chi connectivity index (χ4v) is 1.07. The van der Waals surface area contributed by atoms with E-state index >= 15 is 0 Å². The first kappa shape index (κ1) is 11.8. The van der Waals surface area contributed by atoms with Gasteiger partial charge in [-0.05, 0) is 26.8 Å². The fourth-order valence-electron chi connectivity index (χ4n) is 1.07. The Morgan fingerprint density at radius 3 is 2.73 bits per heavy atom. The van der Waals surface area contributed by atoms with Gasteiger partial charge < -0.3 is 4.42 Å². The lowest BCUT2D eigenvalue weighted by Gasteiger charge is -2.18. The van der Waals surface area contributed by atoms with Gasteiger partial charge in [-0.1, -0.05) is 6.92 Å². The van der Waals surface area contributed by atoms with E-state index in [-0.39, 0.29) is 5.91 Å². The van der Waals surface area contributed by atoms with E-state index in [1.54, 1.807) is 6.07 Å². The first-order chi connectivity index (χ1) is 6.94. The minimum absolute atomic E-state index is 0.268. The average Bonchev–Trinajstić information content (AvgIpc) is 2.60. The minimum atomic E-state index is -0.397. The summed E-state index contributed by atoms with van der Waals surface area (Å²) >= 11 is 0. The van der Waals surface area contributed by atoms with Crippen LogP contribution >= 0.6 is 0 Å². The first-order valence-corrected chi connectivity index (χ1v) is 4.98. The normalized spacial score (nSPS) is 11.5. The van der Waals surface area contributed by atoms with Gasteiger partial charge in [0.15, 0.2) is 0 Å². The molecule has 0 aliphatic heterocycles. The Bertz CT molecular complexity index is 336. The monoisotopic (exact) mass is 211 g/mol. The molecule has 1 rings (SSSR count). The zero-order chi connectivity index (χ0) is 11.5. The second kappa shape index (κ2) is 4.49. The Morgan fingerprint density at radius 1 is 1.53 bits per heavy atom. The summed E-state index contributed by atoms with van der Waals surface area (Å²) in [5.74, 6) is 0.403. The van der Waals surface area contributed by atoms with Crippen molar-refractivity contribution in [3.63, 3.8) is 0 Å². The lowest BCUT2D eigenvalue weighted by molar-refractivity contribution is -0.0590. The number of nitrogens with one attached hydrogen (secondary N) is 1. The molecule has 1 N–H and O–H groups in total. The van der Waals surface area contributed by atoms with Crippen molar-refractivity contribution in [2.45, 2.75) is 39.7 Å². The van der Waals surface area contributed by atoms with Crippen molar-refractivity contribution < 1.29 is 14.0 Å². The molecule has 84 valence electrons. The predicted molar refractivity (Wildman–Crippen MR) is 56.4 cm³/mol. The molecule has 0 saturated carbocycles. The standard InChI is InChI=1S/C11H17NO3/c1-5-9-8(6-7-14-9)10(13)12-15-11(2,3)4/h6-7H,5H2,1-4H3,(H,12,13). The van der Waals surface area contributed by atoms with Crippen LogP contribution in [0.3, 0.4) is 0 Å². The summed E-state index contributed by atoms with van der Waals surface area (Å²) in [6.45, 7) is 7.52. The highest BCUT2D eigenvalue weighted by molar-refractivity contribution is 5.94. The average molecular weight is 211 g/mol. The summed E-state index contributed by atoms with van der Waals surface area (Å²) in [5, 5.41) is 0. The van der Waals surface area contributed by atoms with Crippen LogP contribution in [0.25, 0.3) is 0 Å². The molecule has 0 aliphatic rings. The number of aryl methyl sites for hydroxylation is 1. The largest absolute Gasteiger partial charge is 0.469 e. The van der Waals surface area contributed by atoms with E-state index in [1.807, 2.05) is 27.7 Å². The highest BCUT2D eigenvalue weighted by Gasteiger charge is 2.17. The van der Waals surface area contributed by atoms with Gasteiger partial charge in [0.05, 0.1) is 17.4 Å². The third-order valence-electron chi connectivity index (χ3n) is 1.76. The Morgan fingerprint density at radius 2 is 2.20 bits per heavy atom. The van der Waals surface area contributed by atoms with Crippen LogP contribution in [0.15, 0.2) is 16.7 Å². The number of furan rings is 1. The maximum absolute atomic E-state index is 11.6. The molecule has 4 nitrogen and oxygen atoms in total. The smallest absolute Gasteiger partial charge is 0.278 e. The number of carbonyl (C=O) groups excluding carboxylic acids is 1. The van der Waals surface area contributed by atoms with Gasteiger partial charge in [-0.3, -0.25) is 9.63 Å². The molecule has 0 unspecified atom stereocenters. The molecular weight excluding hydrogens is 194 g/mol. The van der Waals surface area contributed by atoms with Crippen molar-refractivity contribution in [2.24, 2.45) is 0 Å². The molecule has 15 heavy (non-hydrogen) atoms. The van der Waals surface area contributed by atoms with Crippen LogP contribution in [0, 0.1) is 0 Å². The van der Waals surface area contributed by atoms with E-state index in [1.165, 1.54) is 6.26 Å². The van der Waals surface area contributed by atoms with Crippen LogP contribution in [0.5, 0.6) is 0 Å². The second-order valence-electron chi connectivity index (χ2n) is 4.26. The zero-order valence-electron chi connectivity index (χ0n) is 9.59. The van der Waals surface area contributed by atoms with Crippen LogP contribution in [0.1, 0.15) is 43.8 Å². The molecule has 0 bridgehead atoms. The topological polar surface area (TPSA) is 51.5 Å². The second-order valence-corrected chi connectivity index (χ2v) is 4.26. The summed E-state index contributed by atoms with van der Waals surface area (Å²) in [6.07, 6.45) is 2.19. The predicted octanol–water partition coefficient (Wildman–Crippen LogP) is 2.30. The summed E-state index contributed by atoms with van der Waals surface area (Å²) < 4.78 is 5.15. The number of hydroxylamine groups is 1. The van der Waals surface area contributed by atoms with E-state index in [0.717, 1.165) is 0 Å². The number of carbonyl (C=O) groups is 1. The molecule has 0 aliphatic carbocycles. The van der Waals surface area contributed by atoms with Crippen LogP contribution < -0.4 is 5.48 Å². The number of rotatable bonds is 3. The van der Waals surface area contributed by atoms with Gasteiger partial charge in [-0.25, -0.2) is 5.48 Å². The van der Waals surface area contributed by atoms with Crippen molar-refractivity contribution in [1.29, 1.82) is 0 Å². The molecule has 0 fully saturated rings. The Balaban J connectivity index is 2.62. The Kier molecular flexibility index (Phi) is 3.52. The van der Waals surface area contributed by atoms with E-state index in [0.29, 0.717) is 17.7 Å². The van der Waals surface area contributed by atoms with Crippen LogP contribution in [0.2, 0.25) is 0 Å². The molecule has 0 aromatic carbocycles. The number of hydrogen-bond acceptors (Lipinski definition) is 3. The first-order valence-electron chi connectivity index (χ1n) is 4.98. The van der Waals surface area contributed by atoms with Crippen molar-refractivity contribution in [1.82, 2.24) is 5.48 Å². The van der Waals surface area contributed by atoms with Gasteiger partial charge in [0.2, 0.25) is 0 Å². The highest BCUT2D eigenvalue weighted by Crippen LogP contribution is 2.12. The van der Waals surface area contributed by atoms with Gasteiger partial charge in [0.1, 0.15) is 5.76 Å². The fraction of sp³-hybridized carbons (Fsp3) is 0.545. The van der Waals surface area contributed by atoms with E-state index in [9.17, 15) is 4.79 Å². The maximum atomic E-state index is 11.6. The van der Waals surface area contributed by atoms with Gasteiger partial charge in [0, 0.05) is 6.42 Å². The van der Waals surface area contributed by atoms with E-state index in [4.69, 9.17) is 9.25 Å².